The van der Waals surface area contributed by atoms with Gasteiger partial charge in [0.25, 0.3) is 0 Å². The first-order valence-electron chi connectivity index (χ1n) is 18.2. The fourth-order valence-electron chi connectivity index (χ4n) is 9.06. The molecule has 3 heteroatoms. The minimum atomic E-state index is 1.17. The van der Waals surface area contributed by atoms with Gasteiger partial charge in [-0.25, -0.2) is 0 Å². The Morgan fingerprint density at radius 2 is 0.906 bits per heavy atom. The summed E-state index contributed by atoms with van der Waals surface area (Å²) >= 11 is 1.90. The third-order valence-electron chi connectivity index (χ3n) is 11.3. The lowest BCUT2D eigenvalue weighted by atomic mass is 9.96. The van der Waals surface area contributed by atoms with Gasteiger partial charge in [-0.05, 0) is 81.7 Å². The van der Waals surface area contributed by atoms with Crippen molar-refractivity contribution in [3.05, 3.63) is 182 Å². The number of fused-ring (bicyclic) bond motifs is 13. The van der Waals surface area contributed by atoms with Crippen LogP contribution in [0.25, 0.3) is 108 Å². The van der Waals surface area contributed by atoms with E-state index >= 15 is 0 Å². The van der Waals surface area contributed by atoms with Crippen molar-refractivity contribution in [1.29, 1.82) is 0 Å². The van der Waals surface area contributed by atoms with Gasteiger partial charge in [0.2, 0.25) is 0 Å². The lowest BCUT2D eigenvalue weighted by molar-refractivity contribution is 1.17. The van der Waals surface area contributed by atoms with Gasteiger partial charge in [-0.15, -0.1) is 11.3 Å². The summed E-state index contributed by atoms with van der Waals surface area (Å²) in [7, 11) is 0. The monoisotopic (exact) mass is 690 g/mol. The zero-order valence-corrected chi connectivity index (χ0v) is 29.4. The van der Waals surface area contributed by atoms with Crippen LogP contribution in [0, 0.1) is 0 Å². The summed E-state index contributed by atoms with van der Waals surface area (Å²) in [5, 5.41) is 12.8. The summed E-state index contributed by atoms with van der Waals surface area (Å²) in [5.41, 5.74) is 9.73. The maximum Gasteiger partial charge on any atom is 0.0549 e. The highest BCUT2D eigenvalue weighted by molar-refractivity contribution is 7.26. The number of hydrogen-bond donors (Lipinski definition) is 0. The number of nitrogens with zero attached hydrogens (tertiary/aromatic N) is 2. The zero-order valence-electron chi connectivity index (χ0n) is 28.6. The zero-order chi connectivity index (χ0) is 34.6. The Labute approximate surface area is 309 Å². The predicted octanol–water partition coefficient (Wildman–Crippen LogP) is 14.2. The van der Waals surface area contributed by atoms with Crippen molar-refractivity contribution in [2.45, 2.75) is 0 Å². The fraction of sp³-hybridized carbons (Fsp3) is 0. The van der Waals surface area contributed by atoms with Gasteiger partial charge >= 0.3 is 0 Å². The summed E-state index contributed by atoms with van der Waals surface area (Å²) in [4.78, 5) is 0. The Balaban J connectivity index is 1.29. The highest BCUT2D eigenvalue weighted by atomic mass is 32.1. The molecule has 0 saturated carbocycles. The SMILES string of the molecule is c1ccc(-n2c3ccccc3c3c4c5c6ccccc6ccc5n(-c5cc(-c6cccc7ccccc67)c6sc7ccccc7c6c5)c4ccc32)cc1. The molecule has 0 saturated heterocycles. The minimum Gasteiger partial charge on any atom is -0.309 e. The van der Waals surface area contributed by atoms with E-state index in [1.54, 1.807) is 0 Å². The van der Waals surface area contributed by atoms with E-state index in [1.807, 2.05) is 11.3 Å². The summed E-state index contributed by atoms with van der Waals surface area (Å²) in [6.45, 7) is 0. The van der Waals surface area contributed by atoms with Crippen molar-refractivity contribution < 1.29 is 0 Å². The Morgan fingerprint density at radius 3 is 1.74 bits per heavy atom. The molecule has 0 amide bonds. The third-order valence-corrected chi connectivity index (χ3v) is 12.5. The van der Waals surface area contributed by atoms with Crippen molar-refractivity contribution in [3.63, 3.8) is 0 Å². The number of thiophene rings is 1. The molecule has 0 atom stereocenters. The van der Waals surface area contributed by atoms with Gasteiger partial charge in [0, 0.05) is 58.7 Å². The molecule has 2 nitrogen and oxygen atoms in total. The molecule has 0 spiro atoms. The average molecular weight is 691 g/mol. The van der Waals surface area contributed by atoms with E-state index < -0.39 is 0 Å². The predicted molar refractivity (Wildman–Crippen MR) is 228 cm³/mol. The smallest absolute Gasteiger partial charge is 0.0549 e. The molecule has 0 aliphatic rings. The molecule has 0 N–H and O–H groups in total. The molecule has 0 fully saturated rings. The second-order valence-corrected chi connectivity index (χ2v) is 15.1. The first kappa shape index (κ1) is 29.0. The minimum absolute atomic E-state index is 1.17. The molecule has 12 rings (SSSR count). The summed E-state index contributed by atoms with van der Waals surface area (Å²) < 4.78 is 7.60. The van der Waals surface area contributed by atoms with Gasteiger partial charge in [-0.1, -0.05) is 127 Å². The van der Waals surface area contributed by atoms with E-state index in [2.05, 4.69) is 191 Å². The Morgan fingerprint density at radius 1 is 0.321 bits per heavy atom. The van der Waals surface area contributed by atoms with E-state index in [9.17, 15) is 0 Å². The molecule has 0 bridgehead atoms. The van der Waals surface area contributed by atoms with E-state index in [0.29, 0.717) is 0 Å². The number of hydrogen-bond acceptors (Lipinski definition) is 1. The van der Waals surface area contributed by atoms with Crippen molar-refractivity contribution >= 4 is 96.7 Å². The van der Waals surface area contributed by atoms with Crippen LogP contribution < -0.4 is 0 Å². The molecular formula is C50H30N2S. The first-order chi connectivity index (χ1) is 26.3. The topological polar surface area (TPSA) is 9.86 Å². The number of rotatable bonds is 3. The maximum absolute atomic E-state index is 2.53. The van der Waals surface area contributed by atoms with Gasteiger partial charge < -0.3 is 9.13 Å². The molecule has 12 aromatic rings. The maximum atomic E-state index is 2.53. The Kier molecular flexibility index (Phi) is 5.96. The van der Waals surface area contributed by atoms with Crippen molar-refractivity contribution in [2.75, 3.05) is 0 Å². The summed E-state index contributed by atoms with van der Waals surface area (Å²) in [6.07, 6.45) is 0. The standard InChI is InChI=1S/C50H30N2S/c1-2-16-33(17-3-1)51-42-23-10-8-21-39(42)48-44(51)27-28-45-49(48)47-36-19-7-5-14-32(36)25-26-43(47)52(45)34-29-40(37-22-12-15-31-13-4-6-18-35(31)37)50-41(30-34)38-20-9-11-24-46(38)53-50/h1-30H. The normalized spacial score (nSPS) is 12.2. The van der Waals surface area contributed by atoms with E-state index in [-0.39, 0.29) is 0 Å². The molecular weight excluding hydrogens is 661 g/mol. The van der Waals surface area contributed by atoms with Gasteiger partial charge in [0.1, 0.15) is 0 Å². The average Bonchev–Trinajstić information content (AvgIpc) is 3.88. The molecule has 246 valence electrons. The second-order valence-electron chi connectivity index (χ2n) is 14.1. The van der Waals surface area contributed by atoms with Crippen LogP contribution in [0.1, 0.15) is 0 Å². The second kappa shape index (κ2) is 10.9. The van der Waals surface area contributed by atoms with E-state index in [4.69, 9.17) is 0 Å². The highest BCUT2D eigenvalue weighted by Crippen LogP contribution is 2.47. The molecule has 3 aromatic heterocycles. The van der Waals surface area contributed by atoms with Gasteiger partial charge in [0.05, 0.1) is 22.1 Å². The molecule has 9 aromatic carbocycles. The Bertz CT molecular complexity index is 3450. The summed E-state index contributed by atoms with van der Waals surface area (Å²) in [5.74, 6) is 0. The highest BCUT2D eigenvalue weighted by Gasteiger charge is 2.23. The lowest BCUT2D eigenvalue weighted by Crippen LogP contribution is -1.96. The van der Waals surface area contributed by atoms with Gasteiger partial charge in [0.15, 0.2) is 0 Å². The lowest BCUT2D eigenvalue weighted by Gasteiger charge is -2.14. The van der Waals surface area contributed by atoms with Gasteiger partial charge in [-0.2, -0.15) is 0 Å². The van der Waals surface area contributed by atoms with Crippen LogP contribution in [0.5, 0.6) is 0 Å². The van der Waals surface area contributed by atoms with Crippen LogP contribution in [-0.2, 0) is 0 Å². The van der Waals surface area contributed by atoms with Crippen molar-refractivity contribution in [2.24, 2.45) is 0 Å². The van der Waals surface area contributed by atoms with Crippen LogP contribution in [0.2, 0.25) is 0 Å². The van der Waals surface area contributed by atoms with Crippen LogP contribution in [0.4, 0.5) is 0 Å². The number of aromatic nitrogens is 2. The molecule has 0 aliphatic heterocycles. The van der Waals surface area contributed by atoms with Crippen molar-refractivity contribution in [3.8, 4) is 22.5 Å². The largest absolute Gasteiger partial charge is 0.309 e. The van der Waals surface area contributed by atoms with Gasteiger partial charge in [-0.3, -0.25) is 0 Å². The Hall–Kier alpha value is -6.68. The number of benzene rings is 9. The van der Waals surface area contributed by atoms with Crippen molar-refractivity contribution in [1.82, 2.24) is 9.13 Å². The fourth-order valence-corrected chi connectivity index (χ4v) is 10.3. The summed E-state index contributed by atoms with van der Waals surface area (Å²) in [6, 6.07) is 67.2. The van der Waals surface area contributed by atoms with Crippen LogP contribution >= 0.6 is 11.3 Å². The molecule has 0 aliphatic carbocycles. The first-order valence-corrected chi connectivity index (χ1v) is 19.0. The molecule has 0 radical (unpaired) electrons. The van der Waals surface area contributed by atoms with Crippen LogP contribution in [0.15, 0.2) is 182 Å². The number of para-hydroxylation sites is 2. The van der Waals surface area contributed by atoms with Crippen LogP contribution in [-0.4, -0.2) is 9.13 Å². The molecule has 0 unspecified atom stereocenters. The van der Waals surface area contributed by atoms with E-state index in [1.165, 1.54) is 108 Å². The molecule has 53 heavy (non-hydrogen) atoms. The molecule has 3 heterocycles. The third kappa shape index (κ3) is 4.03. The van der Waals surface area contributed by atoms with E-state index in [0.717, 1.165) is 0 Å². The quantitative estimate of drug-likeness (QED) is 0.175. The van der Waals surface area contributed by atoms with Crippen LogP contribution in [0.3, 0.4) is 0 Å².